The zero-order valence-corrected chi connectivity index (χ0v) is 10.9. The van der Waals surface area contributed by atoms with Gasteiger partial charge >= 0.3 is 0 Å². The fourth-order valence-electron chi connectivity index (χ4n) is 1.23. The second-order valence-electron chi connectivity index (χ2n) is 3.78. The number of thiophene rings is 1. The van der Waals surface area contributed by atoms with Gasteiger partial charge in [-0.25, -0.2) is 0 Å². The van der Waals surface area contributed by atoms with Crippen LogP contribution in [0, 0.1) is 0 Å². The zero-order valence-electron chi connectivity index (χ0n) is 9.29. The highest BCUT2D eigenvalue weighted by Gasteiger charge is 1.94. The Balaban J connectivity index is 2.12. The van der Waals surface area contributed by atoms with Crippen molar-refractivity contribution in [3.8, 4) is 0 Å². The highest BCUT2D eigenvalue weighted by atomic mass is 35.5. The van der Waals surface area contributed by atoms with Gasteiger partial charge in [-0.05, 0) is 31.5 Å². The molecule has 1 nitrogen and oxygen atoms in total. The van der Waals surface area contributed by atoms with E-state index >= 15 is 0 Å². The molecule has 0 aromatic carbocycles. The fourth-order valence-corrected chi connectivity index (χ4v) is 2.30. The lowest BCUT2D eigenvalue weighted by Crippen LogP contribution is -2.23. The topological polar surface area (TPSA) is 12.0 Å². The van der Waals surface area contributed by atoms with Gasteiger partial charge < -0.3 is 5.32 Å². The highest BCUT2D eigenvalue weighted by Crippen LogP contribution is 2.21. The number of hydrogen-bond donors (Lipinski definition) is 1. The summed E-state index contributed by atoms with van der Waals surface area (Å²) in [4.78, 5) is 1.33. The summed E-state index contributed by atoms with van der Waals surface area (Å²) in [7, 11) is 0. The molecule has 1 rings (SSSR count). The zero-order chi connectivity index (χ0) is 11.1. The highest BCUT2D eigenvalue weighted by molar-refractivity contribution is 7.16. The van der Waals surface area contributed by atoms with Crippen LogP contribution in [0.5, 0.6) is 0 Å². The Labute approximate surface area is 101 Å². The van der Waals surface area contributed by atoms with Crippen LogP contribution in [-0.2, 0) is 6.42 Å². The molecule has 1 N–H and O–H groups in total. The van der Waals surface area contributed by atoms with Crippen LogP contribution in [-0.4, -0.2) is 12.6 Å². The second kappa shape index (κ2) is 7.04. The maximum absolute atomic E-state index is 5.84. The molecule has 1 heterocycles. The van der Waals surface area contributed by atoms with Crippen LogP contribution in [0.1, 0.15) is 25.1 Å². The van der Waals surface area contributed by atoms with E-state index in [1.54, 1.807) is 11.3 Å². The van der Waals surface area contributed by atoms with E-state index < -0.39 is 0 Å². The van der Waals surface area contributed by atoms with Crippen LogP contribution in [0.15, 0.2) is 24.3 Å². The molecule has 15 heavy (non-hydrogen) atoms. The molecule has 3 heteroatoms. The van der Waals surface area contributed by atoms with Crippen molar-refractivity contribution in [2.45, 2.75) is 32.7 Å². The average molecular weight is 244 g/mol. The Morgan fingerprint density at radius 3 is 2.80 bits per heavy atom. The van der Waals surface area contributed by atoms with E-state index in [9.17, 15) is 0 Å². The molecule has 1 aromatic rings. The molecule has 0 aliphatic heterocycles. The average Bonchev–Trinajstić information content (AvgIpc) is 2.57. The van der Waals surface area contributed by atoms with Crippen molar-refractivity contribution in [1.29, 1.82) is 0 Å². The van der Waals surface area contributed by atoms with E-state index in [2.05, 4.69) is 37.4 Å². The lowest BCUT2D eigenvalue weighted by atomic mass is 10.3. The minimum absolute atomic E-state index is 0.578. The van der Waals surface area contributed by atoms with Gasteiger partial charge in [0.15, 0.2) is 0 Å². The SMILES string of the molecule is CC(C)NCCC=CCc1ccc(Cl)s1. The van der Waals surface area contributed by atoms with Gasteiger partial charge in [0.1, 0.15) is 0 Å². The van der Waals surface area contributed by atoms with Gasteiger partial charge in [-0.1, -0.05) is 37.6 Å². The maximum Gasteiger partial charge on any atom is 0.0931 e. The van der Waals surface area contributed by atoms with Crippen molar-refractivity contribution in [3.63, 3.8) is 0 Å². The summed E-state index contributed by atoms with van der Waals surface area (Å²) in [5, 5.41) is 3.38. The van der Waals surface area contributed by atoms with Gasteiger partial charge in [0.2, 0.25) is 0 Å². The van der Waals surface area contributed by atoms with Gasteiger partial charge in [-0.15, -0.1) is 11.3 Å². The fraction of sp³-hybridized carbons (Fsp3) is 0.500. The van der Waals surface area contributed by atoms with Gasteiger partial charge in [0, 0.05) is 10.9 Å². The monoisotopic (exact) mass is 243 g/mol. The molecule has 0 aliphatic carbocycles. The summed E-state index contributed by atoms with van der Waals surface area (Å²) in [5.74, 6) is 0. The molecule has 1 aromatic heterocycles. The molecule has 0 saturated carbocycles. The quantitative estimate of drug-likeness (QED) is 0.591. The van der Waals surface area contributed by atoms with Crippen molar-refractivity contribution in [2.24, 2.45) is 0 Å². The first-order chi connectivity index (χ1) is 7.18. The first-order valence-electron chi connectivity index (χ1n) is 5.31. The van der Waals surface area contributed by atoms with E-state index in [0.717, 1.165) is 23.7 Å². The predicted octanol–water partition coefficient (Wildman–Crippen LogP) is 3.89. The van der Waals surface area contributed by atoms with Crippen molar-refractivity contribution in [3.05, 3.63) is 33.5 Å². The molecular weight excluding hydrogens is 226 g/mol. The van der Waals surface area contributed by atoms with E-state index in [1.165, 1.54) is 4.88 Å². The molecule has 0 fully saturated rings. The maximum atomic E-state index is 5.84. The number of allylic oxidation sites excluding steroid dienone is 1. The molecule has 0 aliphatic rings. The molecule has 84 valence electrons. The van der Waals surface area contributed by atoms with Crippen LogP contribution >= 0.6 is 22.9 Å². The number of rotatable bonds is 6. The molecular formula is C12H18ClNS. The second-order valence-corrected chi connectivity index (χ2v) is 5.58. The summed E-state index contributed by atoms with van der Waals surface area (Å²) in [6.45, 7) is 5.38. The van der Waals surface area contributed by atoms with Crippen molar-refractivity contribution in [2.75, 3.05) is 6.54 Å². The molecule has 0 atom stereocenters. The summed E-state index contributed by atoms with van der Waals surface area (Å²) < 4.78 is 0.875. The first-order valence-corrected chi connectivity index (χ1v) is 6.50. The van der Waals surface area contributed by atoms with Crippen molar-refractivity contribution >= 4 is 22.9 Å². The summed E-state index contributed by atoms with van der Waals surface area (Å²) in [6.07, 6.45) is 6.53. The molecule has 0 radical (unpaired) electrons. The number of nitrogens with one attached hydrogen (secondary N) is 1. The predicted molar refractivity (Wildman–Crippen MR) is 69.9 cm³/mol. The molecule has 0 saturated heterocycles. The number of halogens is 1. The Morgan fingerprint density at radius 2 is 2.20 bits per heavy atom. The summed E-state index contributed by atoms with van der Waals surface area (Å²) >= 11 is 7.50. The standard InChI is InChI=1S/C12H18ClNS/c1-10(2)14-9-5-3-4-6-11-7-8-12(13)15-11/h3-4,7-8,10,14H,5-6,9H2,1-2H3. The third kappa shape index (κ3) is 5.98. The molecule has 0 amide bonds. The first kappa shape index (κ1) is 12.8. The van der Waals surface area contributed by atoms with E-state index in [0.29, 0.717) is 6.04 Å². The van der Waals surface area contributed by atoms with Gasteiger partial charge in [0.25, 0.3) is 0 Å². The Bertz CT molecular complexity index is 304. The van der Waals surface area contributed by atoms with Crippen molar-refractivity contribution in [1.82, 2.24) is 5.32 Å². The Kier molecular flexibility index (Phi) is 5.99. The van der Waals surface area contributed by atoms with Gasteiger partial charge in [-0.2, -0.15) is 0 Å². The largest absolute Gasteiger partial charge is 0.314 e. The molecule has 0 unspecified atom stereocenters. The molecule has 0 spiro atoms. The normalized spacial score (nSPS) is 11.7. The minimum atomic E-state index is 0.578. The van der Waals surface area contributed by atoms with E-state index in [1.807, 2.05) is 6.07 Å². The van der Waals surface area contributed by atoms with Gasteiger partial charge in [-0.3, -0.25) is 0 Å². The molecule has 0 bridgehead atoms. The van der Waals surface area contributed by atoms with Gasteiger partial charge in [0.05, 0.1) is 4.34 Å². The van der Waals surface area contributed by atoms with Crippen LogP contribution in [0.25, 0.3) is 0 Å². The third-order valence-corrected chi connectivity index (χ3v) is 3.23. The summed E-state index contributed by atoms with van der Waals surface area (Å²) in [6, 6.07) is 4.62. The number of hydrogen-bond acceptors (Lipinski definition) is 2. The lowest BCUT2D eigenvalue weighted by Gasteiger charge is -2.04. The Hall–Kier alpha value is -0.310. The van der Waals surface area contributed by atoms with E-state index in [-0.39, 0.29) is 0 Å². The third-order valence-electron chi connectivity index (χ3n) is 1.98. The Morgan fingerprint density at radius 1 is 1.40 bits per heavy atom. The van der Waals surface area contributed by atoms with Crippen LogP contribution in [0.3, 0.4) is 0 Å². The van der Waals surface area contributed by atoms with Crippen LogP contribution in [0.2, 0.25) is 4.34 Å². The lowest BCUT2D eigenvalue weighted by molar-refractivity contribution is 0.594. The minimum Gasteiger partial charge on any atom is -0.314 e. The van der Waals surface area contributed by atoms with Crippen molar-refractivity contribution < 1.29 is 0 Å². The smallest absolute Gasteiger partial charge is 0.0931 e. The van der Waals surface area contributed by atoms with E-state index in [4.69, 9.17) is 11.6 Å². The van der Waals surface area contributed by atoms with Crippen LogP contribution in [0.4, 0.5) is 0 Å². The summed E-state index contributed by atoms with van der Waals surface area (Å²) in [5.41, 5.74) is 0. The van der Waals surface area contributed by atoms with Crippen LogP contribution < -0.4 is 5.32 Å².